The highest BCUT2D eigenvalue weighted by atomic mass is 15.1. The summed E-state index contributed by atoms with van der Waals surface area (Å²) in [5, 5.41) is 4.83. The molecule has 0 amide bonds. The second-order valence-electron chi connectivity index (χ2n) is 18.1. The van der Waals surface area contributed by atoms with Gasteiger partial charge in [-0.3, -0.25) is 0 Å². The lowest BCUT2D eigenvalue weighted by Crippen LogP contribution is -2.16. The summed E-state index contributed by atoms with van der Waals surface area (Å²) in [6.07, 6.45) is 0. The molecule has 2 nitrogen and oxygen atoms in total. The first kappa shape index (κ1) is 40.1. The molecular weight excluding hydrogens is 809 g/mol. The van der Waals surface area contributed by atoms with E-state index in [4.69, 9.17) is 0 Å². The number of fused-ring (bicyclic) bond motifs is 5. The first-order valence-electron chi connectivity index (χ1n) is 23.3. The third kappa shape index (κ3) is 7.06. The largest absolute Gasteiger partial charge is 0.311 e. The molecule has 0 fully saturated rings. The number of hydrogen-bond donors (Lipinski definition) is 0. The van der Waals surface area contributed by atoms with Crippen molar-refractivity contribution in [1.82, 2.24) is 0 Å². The van der Waals surface area contributed by atoms with E-state index in [1.165, 1.54) is 77.2 Å². The van der Waals surface area contributed by atoms with Gasteiger partial charge in [0.2, 0.25) is 0 Å². The fourth-order valence-corrected chi connectivity index (χ4v) is 10.5. The third-order valence-corrected chi connectivity index (χ3v) is 13.9. The molecule has 0 spiro atoms. The van der Waals surface area contributed by atoms with Crippen molar-refractivity contribution in [1.29, 1.82) is 0 Å². The van der Waals surface area contributed by atoms with Crippen LogP contribution in [0.3, 0.4) is 0 Å². The van der Waals surface area contributed by atoms with Crippen LogP contribution in [-0.2, 0) is 5.41 Å². The molecule has 318 valence electrons. The van der Waals surface area contributed by atoms with Crippen molar-refractivity contribution in [3.05, 3.63) is 266 Å². The van der Waals surface area contributed by atoms with Gasteiger partial charge < -0.3 is 9.80 Å². The Morgan fingerprint density at radius 1 is 0.269 bits per heavy atom. The number of anilines is 6. The Hall–Kier alpha value is -8.46. The van der Waals surface area contributed by atoms with E-state index in [2.05, 4.69) is 278 Å². The van der Waals surface area contributed by atoms with Crippen molar-refractivity contribution in [3.8, 4) is 44.5 Å². The first-order chi connectivity index (χ1) is 33.0. The molecular formula is C65H48N2. The Kier molecular flexibility index (Phi) is 9.88. The topological polar surface area (TPSA) is 6.48 Å². The smallest absolute Gasteiger partial charge is 0.0540 e. The van der Waals surface area contributed by atoms with E-state index in [1.54, 1.807) is 0 Å². The Bertz CT molecular complexity index is 3490. The average molecular weight is 857 g/mol. The summed E-state index contributed by atoms with van der Waals surface area (Å²) in [5.41, 5.74) is 19.1. The standard InChI is InChI=1S/C65H48N2/c1-65(2)61-27-12-11-23-58(61)59-43-42-54(44-62(59)65)67(63-28-13-21-49-20-9-10-22-56(49)63)64-29-15-25-57-55(24-14-26-60(57)64)50-34-40-53(41-35-50)66(51-36-30-47(31-37-51)45-16-5-3-6-17-45)52-38-32-48(33-39-52)46-18-7-4-8-19-46/h3-44H,1-2H3. The van der Waals surface area contributed by atoms with E-state index < -0.39 is 0 Å². The molecule has 0 saturated heterocycles. The van der Waals surface area contributed by atoms with Crippen LogP contribution in [0.1, 0.15) is 25.0 Å². The zero-order chi connectivity index (χ0) is 44.9. The summed E-state index contributed by atoms with van der Waals surface area (Å²) in [6, 6.07) is 93.0. The molecule has 0 aromatic heterocycles. The van der Waals surface area contributed by atoms with Gasteiger partial charge in [-0.15, -0.1) is 0 Å². The average Bonchev–Trinajstić information content (AvgIpc) is 3.62. The van der Waals surface area contributed by atoms with Crippen molar-refractivity contribution in [3.63, 3.8) is 0 Å². The fourth-order valence-electron chi connectivity index (χ4n) is 10.5. The number of rotatable bonds is 9. The molecule has 0 radical (unpaired) electrons. The highest BCUT2D eigenvalue weighted by Gasteiger charge is 2.36. The molecule has 0 atom stereocenters. The summed E-state index contributed by atoms with van der Waals surface area (Å²) in [6.45, 7) is 4.73. The molecule has 2 heteroatoms. The zero-order valence-corrected chi connectivity index (χ0v) is 37.6. The summed E-state index contributed by atoms with van der Waals surface area (Å²) in [4.78, 5) is 4.84. The summed E-state index contributed by atoms with van der Waals surface area (Å²) >= 11 is 0. The lowest BCUT2D eigenvalue weighted by atomic mass is 9.82. The van der Waals surface area contributed by atoms with E-state index in [0.29, 0.717) is 0 Å². The van der Waals surface area contributed by atoms with Gasteiger partial charge in [0.05, 0.1) is 11.4 Å². The predicted octanol–water partition coefficient (Wildman–Crippen LogP) is 18.2. The van der Waals surface area contributed by atoms with Gasteiger partial charge in [0.15, 0.2) is 0 Å². The number of hydrogen-bond acceptors (Lipinski definition) is 2. The third-order valence-electron chi connectivity index (χ3n) is 13.9. The predicted molar refractivity (Wildman–Crippen MR) is 285 cm³/mol. The van der Waals surface area contributed by atoms with Crippen LogP contribution in [0.2, 0.25) is 0 Å². The van der Waals surface area contributed by atoms with Crippen LogP contribution < -0.4 is 9.80 Å². The minimum atomic E-state index is -0.128. The molecule has 0 heterocycles. The monoisotopic (exact) mass is 856 g/mol. The van der Waals surface area contributed by atoms with Gasteiger partial charge >= 0.3 is 0 Å². The minimum absolute atomic E-state index is 0.128. The van der Waals surface area contributed by atoms with Crippen molar-refractivity contribution >= 4 is 55.7 Å². The number of nitrogens with zero attached hydrogens (tertiary/aromatic N) is 2. The first-order valence-corrected chi connectivity index (χ1v) is 23.3. The Morgan fingerprint density at radius 2 is 0.701 bits per heavy atom. The van der Waals surface area contributed by atoms with Crippen molar-refractivity contribution in [2.75, 3.05) is 9.80 Å². The Morgan fingerprint density at radius 3 is 1.36 bits per heavy atom. The molecule has 0 saturated carbocycles. The van der Waals surface area contributed by atoms with Crippen LogP contribution in [0.4, 0.5) is 34.1 Å². The maximum Gasteiger partial charge on any atom is 0.0540 e. The van der Waals surface area contributed by atoms with Gasteiger partial charge in [-0.1, -0.05) is 208 Å². The molecule has 0 N–H and O–H groups in total. The van der Waals surface area contributed by atoms with Gasteiger partial charge in [0, 0.05) is 38.9 Å². The van der Waals surface area contributed by atoms with Crippen molar-refractivity contribution < 1.29 is 0 Å². The summed E-state index contributed by atoms with van der Waals surface area (Å²) in [7, 11) is 0. The van der Waals surface area contributed by atoms with Crippen LogP contribution in [0, 0.1) is 0 Å². The second-order valence-corrected chi connectivity index (χ2v) is 18.1. The highest BCUT2D eigenvalue weighted by Crippen LogP contribution is 2.52. The van der Waals surface area contributed by atoms with Gasteiger partial charge in [-0.2, -0.15) is 0 Å². The normalized spacial score (nSPS) is 12.4. The number of benzene rings is 11. The van der Waals surface area contributed by atoms with Gasteiger partial charge in [0.25, 0.3) is 0 Å². The molecule has 12 rings (SSSR count). The molecule has 11 aromatic carbocycles. The Balaban J connectivity index is 0.960. The molecule has 67 heavy (non-hydrogen) atoms. The molecule has 1 aliphatic rings. The molecule has 1 aliphatic carbocycles. The lowest BCUT2D eigenvalue weighted by molar-refractivity contribution is 0.660. The van der Waals surface area contributed by atoms with Crippen molar-refractivity contribution in [2.45, 2.75) is 19.3 Å². The Labute approximate surface area is 393 Å². The maximum atomic E-state index is 2.49. The molecule has 0 unspecified atom stereocenters. The van der Waals surface area contributed by atoms with Crippen LogP contribution in [-0.4, -0.2) is 0 Å². The SMILES string of the molecule is CC1(C)c2ccccc2-c2ccc(N(c3cccc4ccccc34)c3cccc4c(-c5ccc(N(c6ccc(-c7ccccc7)cc6)c6ccc(-c7ccccc7)cc6)cc5)cccc34)cc21. The molecule has 11 aromatic rings. The summed E-state index contributed by atoms with van der Waals surface area (Å²) < 4.78 is 0. The van der Waals surface area contributed by atoms with Crippen LogP contribution in [0.5, 0.6) is 0 Å². The van der Waals surface area contributed by atoms with Gasteiger partial charge in [0.1, 0.15) is 0 Å². The molecule has 0 bridgehead atoms. The fraction of sp³-hybridized carbons (Fsp3) is 0.0462. The minimum Gasteiger partial charge on any atom is -0.311 e. The van der Waals surface area contributed by atoms with Crippen LogP contribution in [0.25, 0.3) is 66.1 Å². The van der Waals surface area contributed by atoms with E-state index in [9.17, 15) is 0 Å². The quantitative estimate of drug-likeness (QED) is 0.143. The van der Waals surface area contributed by atoms with Gasteiger partial charge in [-0.05, 0) is 127 Å². The van der Waals surface area contributed by atoms with Gasteiger partial charge in [-0.25, -0.2) is 0 Å². The van der Waals surface area contributed by atoms with E-state index in [1.807, 2.05) is 0 Å². The van der Waals surface area contributed by atoms with Crippen molar-refractivity contribution in [2.24, 2.45) is 0 Å². The summed E-state index contributed by atoms with van der Waals surface area (Å²) in [5.74, 6) is 0. The van der Waals surface area contributed by atoms with Crippen LogP contribution >= 0.6 is 0 Å². The molecule has 0 aliphatic heterocycles. The van der Waals surface area contributed by atoms with E-state index in [0.717, 1.165) is 34.1 Å². The van der Waals surface area contributed by atoms with E-state index in [-0.39, 0.29) is 5.41 Å². The van der Waals surface area contributed by atoms with E-state index >= 15 is 0 Å². The maximum absolute atomic E-state index is 2.49. The second kappa shape index (κ2) is 16.5. The van der Waals surface area contributed by atoms with Crippen LogP contribution in [0.15, 0.2) is 255 Å². The highest BCUT2D eigenvalue weighted by molar-refractivity contribution is 6.08. The zero-order valence-electron chi connectivity index (χ0n) is 37.6. The lowest BCUT2D eigenvalue weighted by Gasteiger charge is -2.30.